The maximum Gasteiger partial charge on any atom is 0.0866 e. The van der Waals surface area contributed by atoms with Crippen LogP contribution in [0.2, 0.25) is 10.0 Å². The Balaban J connectivity index is 1.98. The first-order valence-corrected chi connectivity index (χ1v) is 9.18. The van der Waals surface area contributed by atoms with Crippen LogP contribution in [0.15, 0.2) is 73.1 Å². The first-order chi connectivity index (χ1) is 12.6. The second-order valence-electron chi connectivity index (χ2n) is 6.35. The second-order valence-corrected chi connectivity index (χ2v) is 7.16. The zero-order valence-corrected chi connectivity index (χ0v) is 15.7. The van der Waals surface area contributed by atoms with Gasteiger partial charge >= 0.3 is 0 Å². The molecular formula is C22H18Cl2N2. The molecular weight excluding hydrogens is 363 g/mol. The molecule has 1 unspecified atom stereocenters. The van der Waals surface area contributed by atoms with E-state index in [0.717, 1.165) is 17.5 Å². The van der Waals surface area contributed by atoms with Crippen molar-refractivity contribution in [2.45, 2.75) is 24.7 Å². The van der Waals surface area contributed by atoms with E-state index in [1.807, 2.05) is 48.7 Å². The molecule has 3 aromatic rings. The summed E-state index contributed by atoms with van der Waals surface area (Å²) in [5.41, 5.74) is 2.41. The number of hydrogen-bond acceptors (Lipinski definition) is 2. The molecule has 0 bridgehead atoms. The summed E-state index contributed by atoms with van der Waals surface area (Å²) in [4.78, 5) is 4.19. The number of nitriles is 1. The number of hydrogen-bond donors (Lipinski definition) is 0. The predicted molar refractivity (Wildman–Crippen MR) is 106 cm³/mol. The first-order valence-electron chi connectivity index (χ1n) is 8.42. The Hall–Kier alpha value is -2.34. The molecule has 1 heterocycles. The smallest absolute Gasteiger partial charge is 0.0866 e. The van der Waals surface area contributed by atoms with Gasteiger partial charge in [-0.3, -0.25) is 4.98 Å². The molecule has 26 heavy (non-hydrogen) atoms. The fourth-order valence-electron chi connectivity index (χ4n) is 3.14. The molecule has 1 atom stereocenters. The summed E-state index contributed by atoms with van der Waals surface area (Å²) in [6.45, 7) is 0. The highest BCUT2D eigenvalue weighted by molar-refractivity contribution is 6.42. The molecule has 130 valence electrons. The topological polar surface area (TPSA) is 36.7 Å². The van der Waals surface area contributed by atoms with Crippen molar-refractivity contribution >= 4 is 23.2 Å². The molecule has 0 aliphatic rings. The standard InChI is InChI=1S/C22H18Cl2N2/c23-20-9-8-19(13-21(20)24)22(16-25,14-18-7-4-12-26-15-18)11-10-17-5-2-1-3-6-17/h1-9,12-13,15H,10-11,14H2. The Morgan fingerprint density at radius 2 is 1.69 bits per heavy atom. The van der Waals surface area contributed by atoms with Gasteiger partial charge in [-0.1, -0.05) is 65.7 Å². The molecule has 2 nitrogen and oxygen atoms in total. The van der Waals surface area contributed by atoms with E-state index < -0.39 is 5.41 Å². The lowest BCUT2D eigenvalue weighted by Crippen LogP contribution is -2.28. The Labute approximate surface area is 164 Å². The van der Waals surface area contributed by atoms with Gasteiger partial charge < -0.3 is 0 Å². The van der Waals surface area contributed by atoms with Gasteiger partial charge in [0.2, 0.25) is 0 Å². The van der Waals surface area contributed by atoms with Gasteiger partial charge in [-0.25, -0.2) is 0 Å². The molecule has 0 amide bonds. The first kappa shape index (κ1) is 18.5. The highest BCUT2D eigenvalue weighted by atomic mass is 35.5. The third kappa shape index (κ3) is 4.25. The van der Waals surface area contributed by atoms with Crippen molar-refractivity contribution in [3.8, 4) is 6.07 Å². The average molecular weight is 381 g/mol. The summed E-state index contributed by atoms with van der Waals surface area (Å²) in [7, 11) is 0. The van der Waals surface area contributed by atoms with Gasteiger partial charge in [0.15, 0.2) is 0 Å². The van der Waals surface area contributed by atoms with Crippen LogP contribution in [0.5, 0.6) is 0 Å². The molecule has 3 rings (SSSR count). The molecule has 4 heteroatoms. The summed E-state index contributed by atoms with van der Waals surface area (Å²) in [6, 6.07) is 22.1. The minimum atomic E-state index is -0.701. The minimum Gasteiger partial charge on any atom is -0.264 e. The Morgan fingerprint density at radius 1 is 0.923 bits per heavy atom. The van der Waals surface area contributed by atoms with Crippen LogP contribution in [-0.4, -0.2) is 4.98 Å². The highest BCUT2D eigenvalue weighted by Gasteiger charge is 2.33. The number of halogens is 2. The van der Waals surface area contributed by atoms with Crippen molar-refractivity contribution in [1.82, 2.24) is 4.98 Å². The van der Waals surface area contributed by atoms with Crippen molar-refractivity contribution in [1.29, 1.82) is 5.26 Å². The van der Waals surface area contributed by atoms with Gasteiger partial charge in [0.1, 0.15) is 0 Å². The normalized spacial score (nSPS) is 13.0. The number of rotatable bonds is 6. The lowest BCUT2D eigenvalue weighted by atomic mass is 9.73. The molecule has 0 saturated heterocycles. The quantitative estimate of drug-likeness (QED) is 0.523. The average Bonchev–Trinajstić information content (AvgIpc) is 2.69. The number of benzene rings is 2. The summed E-state index contributed by atoms with van der Waals surface area (Å²) in [6.07, 6.45) is 5.60. The molecule has 0 spiro atoms. The molecule has 2 aromatic carbocycles. The van der Waals surface area contributed by atoms with Crippen LogP contribution in [0.3, 0.4) is 0 Å². The van der Waals surface area contributed by atoms with Gasteiger partial charge in [-0.05, 0) is 54.2 Å². The molecule has 1 aromatic heterocycles. The van der Waals surface area contributed by atoms with Gasteiger partial charge in [-0.15, -0.1) is 0 Å². The van der Waals surface area contributed by atoms with Crippen LogP contribution in [0.25, 0.3) is 0 Å². The Bertz CT molecular complexity index is 904. The zero-order chi connectivity index (χ0) is 18.4. The van der Waals surface area contributed by atoms with Crippen LogP contribution in [0.1, 0.15) is 23.1 Å². The largest absolute Gasteiger partial charge is 0.264 e. The number of aryl methyl sites for hydroxylation is 1. The molecule has 0 saturated carbocycles. The fourth-order valence-corrected chi connectivity index (χ4v) is 3.44. The highest BCUT2D eigenvalue weighted by Crippen LogP contribution is 2.36. The third-order valence-electron chi connectivity index (χ3n) is 4.60. The van der Waals surface area contributed by atoms with Crippen LogP contribution in [0, 0.1) is 11.3 Å². The number of nitrogens with zero attached hydrogens (tertiary/aromatic N) is 2. The SMILES string of the molecule is N#CC(CCc1ccccc1)(Cc1cccnc1)c1ccc(Cl)c(Cl)c1. The van der Waals surface area contributed by atoms with E-state index in [1.165, 1.54) is 5.56 Å². The van der Waals surface area contributed by atoms with E-state index >= 15 is 0 Å². The molecule has 0 aliphatic carbocycles. The van der Waals surface area contributed by atoms with Gasteiger partial charge in [0.05, 0.1) is 21.5 Å². The van der Waals surface area contributed by atoms with E-state index in [2.05, 4.69) is 23.2 Å². The van der Waals surface area contributed by atoms with Crippen LogP contribution < -0.4 is 0 Å². The Kier molecular flexibility index (Phi) is 5.93. The van der Waals surface area contributed by atoms with Crippen LogP contribution in [-0.2, 0) is 18.3 Å². The minimum absolute atomic E-state index is 0.467. The van der Waals surface area contributed by atoms with Gasteiger partial charge in [-0.2, -0.15) is 5.26 Å². The van der Waals surface area contributed by atoms with Crippen molar-refractivity contribution in [2.75, 3.05) is 0 Å². The van der Waals surface area contributed by atoms with Gasteiger partial charge in [0, 0.05) is 12.4 Å². The maximum atomic E-state index is 10.2. The predicted octanol–water partition coefficient (Wildman–Crippen LogP) is 6.03. The van der Waals surface area contributed by atoms with Crippen molar-refractivity contribution in [3.05, 3.63) is 99.8 Å². The summed E-state index contributed by atoms with van der Waals surface area (Å²) >= 11 is 12.3. The lowest BCUT2D eigenvalue weighted by molar-refractivity contribution is 0.499. The lowest BCUT2D eigenvalue weighted by Gasteiger charge is -2.28. The van der Waals surface area contributed by atoms with Gasteiger partial charge in [0.25, 0.3) is 0 Å². The van der Waals surface area contributed by atoms with E-state index in [4.69, 9.17) is 23.2 Å². The molecule has 0 aliphatic heterocycles. The van der Waals surface area contributed by atoms with E-state index in [-0.39, 0.29) is 0 Å². The van der Waals surface area contributed by atoms with Crippen LogP contribution in [0.4, 0.5) is 0 Å². The summed E-state index contributed by atoms with van der Waals surface area (Å²) < 4.78 is 0. The third-order valence-corrected chi connectivity index (χ3v) is 5.34. The zero-order valence-electron chi connectivity index (χ0n) is 14.2. The molecule has 0 fully saturated rings. The summed E-state index contributed by atoms with van der Waals surface area (Å²) in [5.74, 6) is 0. The van der Waals surface area contributed by atoms with Crippen molar-refractivity contribution < 1.29 is 0 Å². The number of pyridine rings is 1. The molecule has 0 radical (unpaired) electrons. The Morgan fingerprint density at radius 3 is 2.35 bits per heavy atom. The summed E-state index contributed by atoms with van der Waals surface area (Å²) in [5, 5.41) is 11.1. The number of aromatic nitrogens is 1. The fraction of sp³-hybridized carbons (Fsp3) is 0.182. The molecule has 0 N–H and O–H groups in total. The van der Waals surface area contributed by atoms with E-state index in [9.17, 15) is 5.26 Å². The van der Waals surface area contributed by atoms with Crippen LogP contribution >= 0.6 is 23.2 Å². The van der Waals surface area contributed by atoms with E-state index in [1.54, 1.807) is 12.3 Å². The second kappa shape index (κ2) is 8.36. The van der Waals surface area contributed by atoms with Crippen molar-refractivity contribution in [3.63, 3.8) is 0 Å². The monoisotopic (exact) mass is 380 g/mol. The van der Waals surface area contributed by atoms with Crippen molar-refractivity contribution in [2.24, 2.45) is 0 Å². The van der Waals surface area contributed by atoms with E-state index in [0.29, 0.717) is 22.9 Å². The maximum absolute atomic E-state index is 10.2.